The van der Waals surface area contributed by atoms with Crippen LogP contribution in [0, 0.1) is 0 Å². The molecule has 0 bridgehead atoms. The number of carbonyl (C=O) groups is 1. The number of benzene rings is 1. The lowest BCUT2D eigenvalue weighted by Crippen LogP contribution is -3.14. The molecule has 3 heterocycles. The normalized spacial score (nSPS) is 14.2. The van der Waals surface area contributed by atoms with E-state index >= 15 is 0 Å². The molecule has 0 spiro atoms. The van der Waals surface area contributed by atoms with E-state index < -0.39 is 21.8 Å². The fourth-order valence-corrected chi connectivity index (χ4v) is 3.58. The predicted octanol–water partition coefficient (Wildman–Crippen LogP) is 2.07. The Hall–Kier alpha value is -3.59. The first kappa shape index (κ1) is 30.0. The molecular weight excluding hydrogens is 531 g/mol. The van der Waals surface area contributed by atoms with Crippen molar-refractivity contribution in [3.63, 3.8) is 0 Å². The van der Waals surface area contributed by atoms with Gasteiger partial charge in [-0.2, -0.15) is 0 Å². The van der Waals surface area contributed by atoms with Crippen LogP contribution in [0.5, 0.6) is 0 Å². The molecule has 0 aliphatic carbocycles. The van der Waals surface area contributed by atoms with Crippen LogP contribution >= 0.6 is 0 Å². The topological polar surface area (TPSA) is 163 Å². The van der Waals surface area contributed by atoms with Crippen molar-refractivity contribution in [3.8, 4) is 11.1 Å². The molecule has 39 heavy (non-hydrogen) atoms. The van der Waals surface area contributed by atoms with E-state index in [4.69, 9.17) is 22.2 Å². The summed E-state index contributed by atoms with van der Waals surface area (Å²) >= 11 is 0. The minimum Gasteiger partial charge on any atom is -0.748 e. The van der Waals surface area contributed by atoms with Crippen molar-refractivity contribution >= 4 is 33.5 Å². The smallest absolute Gasteiger partial charge is 0.326 e. The Balaban J connectivity index is 0.000000771. The van der Waals surface area contributed by atoms with Crippen LogP contribution in [-0.2, 0) is 20.5 Å². The monoisotopic (exact) mass is 564 g/mol. The van der Waals surface area contributed by atoms with E-state index in [1.807, 2.05) is 30.5 Å². The second-order valence-corrected chi connectivity index (χ2v) is 10.8. The molecule has 12 nitrogen and oxygen atoms in total. The molecule has 4 N–H and O–H groups in total. The van der Waals surface area contributed by atoms with Gasteiger partial charge in [0.25, 0.3) is 0 Å². The van der Waals surface area contributed by atoms with E-state index in [1.54, 1.807) is 17.0 Å². The summed E-state index contributed by atoms with van der Waals surface area (Å²) in [4.78, 5) is 18.2. The number of ether oxygens (including phenoxy) is 1. The maximum absolute atomic E-state index is 13.9. The van der Waals surface area contributed by atoms with Gasteiger partial charge < -0.3 is 29.3 Å². The number of urea groups is 1. The van der Waals surface area contributed by atoms with E-state index in [9.17, 15) is 9.18 Å². The number of amides is 2. The van der Waals surface area contributed by atoms with Gasteiger partial charge in [-0.15, -0.1) is 0 Å². The van der Waals surface area contributed by atoms with Crippen LogP contribution in [0.1, 0.15) is 19.5 Å². The summed E-state index contributed by atoms with van der Waals surface area (Å²) in [6.07, 6.45) is 2.43. The molecule has 1 saturated heterocycles. The molecular formula is C25H33FN6O6S. The number of hydrogen-bond donors (Lipinski definition) is 4. The fraction of sp³-hybridized carbons (Fsp3) is 0.400. The first-order valence-electron chi connectivity index (χ1n) is 12.2. The average Bonchev–Trinajstić information content (AvgIpc) is 3.34. The Morgan fingerprint density at radius 1 is 1.10 bits per heavy atom. The van der Waals surface area contributed by atoms with Gasteiger partial charge in [0.2, 0.25) is 5.88 Å². The number of nitrogens with one attached hydrogen (secondary N) is 4. The molecule has 2 amide bonds. The third-order valence-corrected chi connectivity index (χ3v) is 5.58. The SMILES string of the molecule is CC(C)(F)c1cc(NC(=O)Nc2ccc(-c3ccc(NCC[NH+]4CCOCC4)nc3)cc2)on1.CS(=O)(=O)[O-]. The van der Waals surface area contributed by atoms with Gasteiger partial charge >= 0.3 is 6.03 Å². The number of morpholine rings is 1. The van der Waals surface area contributed by atoms with Crippen LogP contribution in [-0.4, -0.2) is 74.8 Å². The van der Waals surface area contributed by atoms with E-state index in [0.717, 1.165) is 56.3 Å². The van der Waals surface area contributed by atoms with Crippen molar-refractivity contribution in [2.75, 3.05) is 61.6 Å². The first-order valence-corrected chi connectivity index (χ1v) is 14.0. The lowest BCUT2D eigenvalue weighted by molar-refractivity contribution is -0.906. The van der Waals surface area contributed by atoms with Crippen LogP contribution in [0.4, 0.5) is 26.6 Å². The number of anilines is 3. The number of pyridine rings is 1. The third kappa shape index (κ3) is 11.0. The molecule has 4 rings (SSSR count). The molecule has 1 aliphatic rings. The predicted molar refractivity (Wildman–Crippen MR) is 143 cm³/mol. The van der Waals surface area contributed by atoms with Crippen LogP contribution in [0.2, 0.25) is 0 Å². The summed E-state index contributed by atoms with van der Waals surface area (Å²) in [6, 6.07) is 12.2. The van der Waals surface area contributed by atoms with Crippen molar-refractivity contribution in [3.05, 3.63) is 54.4 Å². The lowest BCUT2D eigenvalue weighted by Gasteiger charge is -2.23. The van der Waals surface area contributed by atoms with Crippen LogP contribution in [0.25, 0.3) is 11.1 Å². The van der Waals surface area contributed by atoms with Gasteiger partial charge in [0.1, 0.15) is 24.6 Å². The standard InChI is InChI=1S/C24H29FN6O3.CH4O3S/c1-24(2,25)20-15-22(34-30-20)29-23(32)28-19-6-3-17(4-7-19)18-5-8-21(27-16-18)26-9-10-31-11-13-33-14-12-31;1-5(2,3)4/h3-8,15-16H,9-14H2,1-2H3,(H,26,27)(H2,28,29,32);1H3,(H,2,3,4). The second-order valence-electron chi connectivity index (χ2n) is 9.38. The zero-order valence-corrected chi connectivity index (χ0v) is 22.8. The molecule has 2 aromatic heterocycles. The highest BCUT2D eigenvalue weighted by atomic mass is 32.2. The van der Waals surface area contributed by atoms with E-state index in [2.05, 4.69) is 26.1 Å². The Labute approximate surface area is 226 Å². The van der Waals surface area contributed by atoms with Gasteiger partial charge in [-0.25, -0.2) is 22.6 Å². The number of aromatic nitrogens is 2. The highest BCUT2D eigenvalue weighted by molar-refractivity contribution is 7.84. The number of halogens is 1. The van der Waals surface area contributed by atoms with Crippen LogP contribution in [0.15, 0.2) is 53.2 Å². The van der Waals surface area contributed by atoms with Gasteiger partial charge in [-0.05, 0) is 43.7 Å². The summed E-state index contributed by atoms with van der Waals surface area (Å²) in [5.74, 6) is 0.916. The Bertz CT molecular complexity index is 1300. The molecule has 0 radical (unpaired) electrons. The summed E-state index contributed by atoms with van der Waals surface area (Å²) in [5.41, 5.74) is 1.02. The summed E-state index contributed by atoms with van der Waals surface area (Å²) in [6.45, 7) is 8.42. The zero-order chi connectivity index (χ0) is 28.5. The third-order valence-electron chi connectivity index (χ3n) is 5.58. The van der Waals surface area contributed by atoms with Gasteiger partial charge in [0.15, 0.2) is 5.67 Å². The molecule has 212 valence electrons. The lowest BCUT2D eigenvalue weighted by atomic mass is 10.1. The number of quaternary nitrogens is 1. The fourth-order valence-electron chi connectivity index (χ4n) is 3.58. The number of alkyl halides is 1. The highest BCUT2D eigenvalue weighted by Gasteiger charge is 2.24. The summed E-state index contributed by atoms with van der Waals surface area (Å²) < 4.78 is 51.5. The van der Waals surface area contributed by atoms with Gasteiger partial charge in [0.05, 0.1) is 36.4 Å². The van der Waals surface area contributed by atoms with Crippen molar-refractivity contribution < 1.29 is 36.3 Å². The Morgan fingerprint density at radius 2 is 1.74 bits per heavy atom. The average molecular weight is 565 g/mol. The van der Waals surface area contributed by atoms with E-state index in [0.29, 0.717) is 11.9 Å². The number of hydrogen-bond acceptors (Lipinski definition) is 9. The molecule has 1 aliphatic heterocycles. The van der Waals surface area contributed by atoms with Crippen molar-refractivity contribution in [1.82, 2.24) is 10.1 Å². The number of carbonyl (C=O) groups excluding carboxylic acids is 1. The molecule has 1 fully saturated rings. The summed E-state index contributed by atoms with van der Waals surface area (Å²) in [5, 5.41) is 12.2. The largest absolute Gasteiger partial charge is 0.748 e. The molecule has 1 aromatic carbocycles. The zero-order valence-electron chi connectivity index (χ0n) is 22.0. The molecule has 3 aromatic rings. The number of nitrogens with zero attached hydrogens (tertiary/aromatic N) is 2. The maximum atomic E-state index is 13.9. The van der Waals surface area contributed by atoms with Crippen LogP contribution < -0.4 is 20.9 Å². The van der Waals surface area contributed by atoms with Crippen molar-refractivity contribution in [2.24, 2.45) is 0 Å². The van der Waals surface area contributed by atoms with E-state index in [1.165, 1.54) is 19.9 Å². The van der Waals surface area contributed by atoms with Crippen molar-refractivity contribution in [1.29, 1.82) is 0 Å². The van der Waals surface area contributed by atoms with Crippen molar-refractivity contribution in [2.45, 2.75) is 19.5 Å². The minimum absolute atomic E-state index is 0.0703. The molecule has 0 unspecified atom stereocenters. The Kier molecular flexibility index (Phi) is 10.3. The maximum Gasteiger partial charge on any atom is 0.326 e. The first-order chi connectivity index (χ1) is 18.4. The van der Waals surface area contributed by atoms with E-state index in [-0.39, 0.29) is 11.6 Å². The molecule has 0 atom stereocenters. The van der Waals surface area contributed by atoms with Gasteiger partial charge in [0, 0.05) is 29.8 Å². The quantitative estimate of drug-likeness (QED) is 0.300. The van der Waals surface area contributed by atoms with Gasteiger partial charge in [-0.3, -0.25) is 5.32 Å². The second kappa shape index (κ2) is 13.5. The Morgan fingerprint density at radius 3 is 2.31 bits per heavy atom. The minimum atomic E-state index is -3.92. The molecule has 0 saturated carbocycles. The van der Waals surface area contributed by atoms with Crippen LogP contribution in [0.3, 0.4) is 0 Å². The molecule has 14 heteroatoms. The van der Waals surface area contributed by atoms with Gasteiger partial charge in [-0.1, -0.05) is 17.3 Å². The summed E-state index contributed by atoms with van der Waals surface area (Å²) in [7, 11) is -3.92. The highest BCUT2D eigenvalue weighted by Crippen LogP contribution is 2.26. The number of rotatable bonds is 8.